The van der Waals surface area contributed by atoms with E-state index in [1.54, 1.807) is 17.5 Å². The van der Waals surface area contributed by atoms with Gasteiger partial charge in [0.2, 0.25) is 0 Å². The van der Waals surface area contributed by atoms with Crippen molar-refractivity contribution in [2.45, 2.75) is 20.0 Å². The van der Waals surface area contributed by atoms with Crippen LogP contribution in [-0.2, 0) is 13.1 Å². The monoisotopic (exact) mass is 254 g/mol. The molecule has 0 aliphatic rings. The van der Waals surface area contributed by atoms with E-state index >= 15 is 0 Å². The Kier molecular flexibility index (Phi) is 3.81. The molecule has 0 aliphatic carbocycles. The third-order valence-corrected chi connectivity index (χ3v) is 3.22. The van der Waals surface area contributed by atoms with Gasteiger partial charge in [0.25, 0.3) is 0 Å². The Balaban J connectivity index is 1.94. The first-order chi connectivity index (χ1) is 8.16. The fourth-order valence-electron chi connectivity index (χ4n) is 1.48. The zero-order chi connectivity index (χ0) is 12.3. The minimum atomic E-state index is -0.521. The molecule has 0 atom stereocenters. The highest BCUT2D eigenvalue weighted by molar-refractivity contribution is 7.11. The second-order valence-electron chi connectivity index (χ2n) is 3.67. The van der Waals surface area contributed by atoms with Crippen LogP contribution in [0.4, 0.5) is 8.78 Å². The van der Waals surface area contributed by atoms with Crippen LogP contribution < -0.4 is 5.32 Å². The van der Waals surface area contributed by atoms with Crippen molar-refractivity contribution in [2.24, 2.45) is 0 Å². The second kappa shape index (κ2) is 5.33. The minimum Gasteiger partial charge on any atom is -0.306 e. The van der Waals surface area contributed by atoms with Crippen LogP contribution in [-0.4, -0.2) is 4.98 Å². The van der Waals surface area contributed by atoms with Crippen molar-refractivity contribution in [3.63, 3.8) is 0 Å². The molecule has 0 aliphatic heterocycles. The van der Waals surface area contributed by atoms with Crippen LogP contribution in [0.3, 0.4) is 0 Å². The molecule has 1 aromatic heterocycles. The Hall–Kier alpha value is -1.33. The van der Waals surface area contributed by atoms with Crippen molar-refractivity contribution in [3.05, 3.63) is 51.5 Å². The van der Waals surface area contributed by atoms with E-state index in [1.165, 1.54) is 18.2 Å². The van der Waals surface area contributed by atoms with Gasteiger partial charge in [-0.2, -0.15) is 0 Å². The van der Waals surface area contributed by atoms with Gasteiger partial charge in [0.15, 0.2) is 0 Å². The quantitative estimate of drug-likeness (QED) is 0.907. The van der Waals surface area contributed by atoms with E-state index in [4.69, 9.17) is 0 Å². The van der Waals surface area contributed by atoms with E-state index in [-0.39, 0.29) is 12.1 Å². The molecule has 5 heteroatoms. The first kappa shape index (κ1) is 12.1. The summed E-state index contributed by atoms with van der Waals surface area (Å²) in [4.78, 5) is 5.28. The lowest BCUT2D eigenvalue weighted by Crippen LogP contribution is -2.14. The number of thiazole rings is 1. The van der Waals surface area contributed by atoms with Gasteiger partial charge in [-0.25, -0.2) is 13.8 Å². The maximum absolute atomic E-state index is 13.3. The SMILES string of the molecule is Cc1cnc(CNCc2c(F)cccc2F)s1. The molecule has 2 nitrogen and oxygen atoms in total. The third-order valence-electron chi connectivity index (χ3n) is 2.31. The molecule has 0 bridgehead atoms. The van der Waals surface area contributed by atoms with Crippen LogP contribution in [0.5, 0.6) is 0 Å². The molecule has 0 saturated carbocycles. The van der Waals surface area contributed by atoms with E-state index in [0.717, 1.165) is 9.88 Å². The van der Waals surface area contributed by atoms with Crippen molar-refractivity contribution in [1.82, 2.24) is 10.3 Å². The summed E-state index contributed by atoms with van der Waals surface area (Å²) in [5, 5.41) is 3.90. The standard InChI is InChI=1S/C12H12F2N2S/c1-8-5-16-12(17-8)7-15-6-9-10(13)3-2-4-11(9)14/h2-5,15H,6-7H2,1H3. The van der Waals surface area contributed by atoms with Gasteiger partial charge in [0.1, 0.15) is 16.6 Å². The molecule has 0 amide bonds. The molecule has 17 heavy (non-hydrogen) atoms. The summed E-state index contributed by atoms with van der Waals surface area (Å²) in [6.07, 6.45) is 1.78. The van der Waals surface area contributed by atoms with Crippen molar-refractivity contribution in [3.8, 4) is 0 Å². The average molecular weight is 254 g/mol. The molecule has 1 aromatic carbocycles. The fraction of sp³-hybridized carbons (Fsp3) is 0.250. The van der Waals surface area contributed by atoms with Crippen molar-refractivity contribution >= 4 is 11.3 Å². The molecule has 0 fully saturated rings. The van der Waals surface area contributed by atoms with E-state index in [1.807, 2.05) is 6.92 Å². The Bertz CT molecular complexity index is 491. The molecule has 0 radical (unpaired) electrons. The molecule has 90 valence electrons. The number of nitrogens with one attached hydrogen (secondary N) is 1. The third kappa shape index (κ3) is 3.08. The normalized spacial score (nSPS) is 10.8. The Morgan fingerprint density at radius 1 is 1.24 bits per heavy atom. The van der Waals surface area contributed by atoms with Crippen molar-refractivity contribution in [2.75, 3.05) is 0 Å². The molecule has 0 saturated heterocycles. The number of benzene rings is 1. The summed E-state index contributed by atoms with van der Waals surface area (Å²) in [5.41, 5.74) is 0.0702. The van der Waals surface area contributed by atoms with E-state index < -0.39 is 11.6 Å². The zero-order valence-corrected chi connectivity index (χ0v) is 10.2. The van der Waals surface area contributed by atoms with Crippen LogP contribution >= 0.6 is 11.3 Å². The van der Waals surface area contributed by atoms with Crippen molar-refractivity contribution in [1.29, 1.82) is 0 Å². The summed E-state index contributed by atoms with van der Waals surface area (Å²) >= 11 is 1.57. The van der Waals surface area contributed by atoms with E-state index in [0.29, 0.717) is 6.54 Å². The number of aromatic nitrogens is 1. The van der Waals surface area contributed by atoms with Crippen LogP contribution in [0.2, 0.25) is 0 Å². The lowest BCUT2D eigenvalue weighted by Gasteiger charge is -2.05. The molecular formula is C12H12F2N2S. The van der Waals surface area contributed by atoms with Crippen LogP contribution in [0.1, 0.15) is 15.4 Å². The predicted octanol–water partition coefficient (Wildman–Crippen LogP) is 3.02. The number of nitrogens with zero attached hydrogens (tertiary/aromatic N) is 1. The zero-order valence-electron chi connectivity index (χ0n) is 9.34. The van der Waals surface area contributed by atoms with Crippen molar-refractivity contribution < 1.29 is 8.78 Å². The summed E-state index contributed by atoms with van der Waals surface area (Å²) in [6.45, 7) is 2.65. The molecule has 0 unspecified atom stereocenters. The summed E-state index contributed by atoms with van der Waals surface area (Å²) in [6, 6.07) is 3.87. The Morgan fingerprint density at radius 2 is 1.94 bits per heavy atom. The minimum absolute atomic E-state index is 0.0702. The molecule has 2 rings (SSSR count). The van der Waals surface area contributed by atoms with Gasteiger partial charge in [-0.1, -0.05) is 6.07 Å². The summed E-state index contributed by atoms with van der Waals surface area (Å²) in [7, 11) is 0. The van der Waals surface area contributed by atoms with Crippen LogP contribution in [0.25, 0.3) is 0 Å². The molecule has 0 spiro atoms. The van der Waals surface area contributed by atoms with E-state index in [2.05, 4.69) is 10.3 Å². The van der Waals surface area contributed by atoms with Gasteiger partial charge in [0.05, 0.1) is 0 Å². The molecule has 1 heterocycles. The number of aryl methyl sites for hydroxylation is 1. The van der Waals surface area contributed by atoms with Gasteiger partial charge in [-0.3, -0.25) is 0 Å². The van der Waals surface area contributed by atoms with Gasteiger partial charge in [-0.05, 0) is 19.1 Å². The summed E-state index contributed by atoms with van der Waals surface area (Å²) in [5.74, 6) is -1.04. The summed E-state index contributed by atoms with van der Waals surface area (Å²) < 4.78 is 26.6. The maximum atomic E-state index is 13.3. The number of halogens is 2. The molecular weight excluding hydrogens is 242 g/mol. The van der Waals surface area contributed by atoms with Gasteiger partial charge in [-0.15, -0.1) is 11.3 Å². The second-order valence-corrected chi connectivity index (χ2v) is 4.99. The first-order valence-corrected chi connectivity index (χ1v) is 6.03. The Labute approximate surface area is 102 Å². The maximum Gasteiger partial charge on any atom is 0.130 e. The van der Waals surface area contributed by atoms with E-state index in [9.17, 15) is 8.78 Å². The highest BCUT2D eigenvalue weighted by Crippen LogP contribution is 2.13. The number of hydrogen-bond donors (Lipinski definition) is 1. The van der Waals surface area contributed by atoms with Gasteiger partial charge < -0.3 is 5.32 Å². The lowest BCUT2D eigenvalue weighted by molar-refractivity contribution is 0.535. The van der Waals surface area contributed by atoms with Gasteiger partial charge >= 0.3 is 0 Å². The fourth-order valence-corrected chi connectivity index (χ4v) is 2.24. The number of hydrogen-bond acceptors (Lipinski definition) is 3. The number of rotatable bonds is 4. The smallest absolute Gasteiger partial charge is 0.130 e. The van der Waals surface area contributed by atoms with Gasteiger partial charge in [0, 0.05) is 29.7 Å². The van der Waals surface area contributed by atoms with Crippen LogP contribution in [0.15, 0.2) is 24.4 Å². The Morgan fingerprint density at radius 3 is 2.53 bits per heavy atom. The lowest BCUT2D eigenvalue weighted by atomic mass is 10.2. The highest BCUT2D eigenvalue weighted by atomic mass is 32.1. The first-order valence-electron chi connectivity index (χ1n) is 5.21. The van der Waals surface area contributed by atoms with Crippen LogP contribution in [0, 0.1) is 18.6 Å². The molecule has 2 aromatic rings. The average Bonchev–Trinajstić information content (AvgIpc) is 2.69. The highest BCUT2D eigenvalue weighted by Gasteiger charge is 2.07. The largest absolute Gasteiger partial charge is 0.306 e. The predicted molar refractivity (Wildman–Crippen MR) is 63.8 cm³/mol. The molecule has 1 N–H and O–H groups in total. The topological polar surface area (TPSA) is 24.9 Å².